The van der Waals surface area contributed by atoms with Crippen LogP contribution in [0, 0.1) is 0 Å². The number of nitrogens with one attached hydrogen (secondary N) is 1. The number of imidazole rings is 1. The molecule has 8 heteroatoms. The molecule has 0 bridgehead atoms. The predicted octanol–water partition coefficient (Wildman–Crippen LogP) is 2.82. The number of hydrogen-bond acceptors (Lipinski definition) is 4. The molecule has 0 aliphatic rings. The molecular formula is C15H12ClN5OS. The first-order valence-electron chi connectivity index (χ1n) is 7.03. The summed E-state index contributed by atoms with van der Waals surface area (Å²) in [5.41, 5.74) is 2.31. The minimum atomic E-state index is -0.127. The lowest BCUT2D eigenvalue weighted by molar-refractivity contribution is 0.639. The van der Waals surface area contributed by atoms with Gasteiger partial charge in [-0.15, -0.1) is 5.10 Å². The van der Waals surface area contributed by atoms with E-state index in [1.54, 1.807) is 18.0 Å². The monoisotopic (exact) mass is 345 g/mol. The second kappa shape index (κ2) is 5.75. The van der Waals surface area contributed by atoms with E-state index in [0.717, 1.165) is 16.2 Å². The fraction of sp³-hybridized carbons (Fsp3) is 0.133. The number of H-pyrrole nitrogens is 1. The molecule has 1 aromatic carbocycles. The van der Waals surface area contributed by atoms with Crippen LogP contribution in [0.25, 0.3) is 16.7 Å². The summed E-state index contributed by atoms with van der Waals surface area (Å²) in [6.45, 7) is 0.517. The Morgan fingerprint density at radius 2 is 2.17 bits per heavy atom. The van der Waals surface area contributed by atoms with E-state index >= 15 is 0 Å². The van der Waals surface area contributed by atoms with Crippen molar-refractivity contribution in [3.63, 3.8) is 0 Å². The second-order valence-electron chi connectivity index (χ2n) is 4.99. The zero-order chi connectivity index (χ0) is 15.8. The summed E-state index contributed by atoms with van der Waals surface area (Å²) < 4.78 is 3.01. The quantitative estimate of drug-likeness (QED) is 0.577. The zero-order valence-electron chi connectivity index (χ0n) is 11.9. The summed E-state index contributed by atoms with van der Waals surface area (Å²) in [5.74, 6) is 0.692. The van der Waals surface area contributed by atoms with Crippen LogP contribution in [0.15, 0.2) is 52.5 Å². The lowest BCUT2D eigenvalue weighted by Crippen LogP contribution is -2.21. The van der Waals surface area contributed by atoms with Gasteiger partial charge in [-0.2, -0.15) is 0 Å². The van der Waals surface area contributed by atoms with E-state index < -0.39 is 0 Å². The van der Waals surface area contributed by atoms with Gasteiger partial charge in [-0.25, -0.2) is 14.5 Å². The fourth-order valence-electron chi connectivity index (χ4n) is 2.37. The van der Waals surface area contributed by atoms with Gasteiger partial charge in [-0.1, -0.05) is 29.4 Å². The minimum absolute atomic E-state index is 0.127. The van der Waals surface area contributed by atoms with Gasteiger partial charge in [0.1, 0.15) is 0 Å². The van der Waals surface area contributed by atoms with Crippen LogP contribution < -0.4 is 5.69 Å². The lowest BCUT2D eigenvalue weighted by atomic mass is 10.3. The number of benzene rings is 1. The van der Waals surface area contributed by atoms with Crippen LogP contribution in [0.1, 0.15) is 0 Å². The first-order chi connectivity index (χ1) is 11.2. The van der Waals surface area contributed by atoms with Crippen LogP contribution >= 0.6 is 23.4 Å². The molecule has 23 heavy (non-hydrogen) atoms. The molecule has 0 spiro atoms. The molecule has 1 N–H and O–H groups in total. The summed E-state index contributed by atoms with van der Waals surface area (Å²) in [4.78, 5) is 19.9. The molecule has 3 aromatic heterocycles. The maximum atomic E-state index is 12.2. The van der Waals surface area contributed by atoms with Crippen LogP contribution in [-0.2, 0) is 6.54 Å². The van der Waals surface area contributed by atoms with Crippen molar-refractivity contribution in [3.05, 3.63) is 58.1 Å². The first-order valence-corrected chi connectivity index (χ1v) is 8.39. The van der Waals surface area contributed by atoms with E-state index in [4.69, 9.17) is 11.6 Å². The number of fused-ring (bicyclic) bond motifs is 2. The van der Waals surface area contributed by atoms with E-state index in [9.17, 15) is 4.79 Å². The molecule has 116 valence electrons. The Balaban J connectivity index is 1.49. The third-order valence-corrected chi connectivity index (χ3v) is 4.54. The van der Waals surface area contributed by atoms with Crippen molar-refractivity contribution in [3.8, 4) is 0 Å². The Labute approximate surface area is 140 Å². The average molecular weight is 346 g/mol. The highest BCUT2D eigenvalue weighted by Gasteiger charge is 2.07. The largest absolute Gasteiger partial charge is 0.350 e. The standard InChI is InChI=1S/C15H12ClN5OS/c16-10-4-5-11-12(9-10)18-14(17-11)23-8-7-21-15(22)20-6-2-1-3-13(20)19-21/h1-6,9H,7-8H2,(H,17,18). The fourth-order valence-corrected chi connectivity index (χ4v) is 3.34. The Bertz CT molecular complexity index is 1050. The highest BCUT2D eigenvalue weighted by Crippen LogP contribution is 2.22. The summed E-state index contributed by atoms with van der Waals surface area (Å²) in [7, 11) is 0. The molecule has 0 saturated carbocycles. The summed E-state index contributed by atoms with van der Waals surface area (Å²) in [5, 5.41) is 5.78. The van der Waals surface area contributed by atoms with Crippen molar-refractivity contribution in [2.24, 2.45) is 0 Å². The number of aromatic nitrogens is 5. The van der Waals surface area contributed by atoms with Gasteiger partial charge < -0.3 is 4.98 Å². The van der Waals surface area contributed by atoms with Crippen LogP contribution in [-0.4, -0.2) is 29.9 Å². The molecule has 0 amide bonds. The van der Waals surface area contributed by atoms with Crippen LogP contribution in [0.2, 0.25) is 5.02 Å². The van der Waals surface area contributed by atoms with Gasteiger partial charge in [0, 0.05) is 17.0 Å². The van der Waals surface area contributed by atoms with Gasteiger partial charge in [-0.05, 0) is 30.3 Å². The summed E-state index contributed by atoms with van der Waals surface area (Å²) in [6.07, 6.45) is 1.72. The number of nitrogens with zero attached hydrogens (tertiary/aromatic N) is 4. The highest BCUT2D eigenvalue weighted by atomic mass is 35.5. The predicted molar refractivity (Wildman–Crippen MR) is 91.3 cm³/mol. The van der Waals surface area contributed by atoms with E-state index in [-0.39, 0.29) is 5.69 Å². The van der Waals surface area contributed by atoms with Gasteiger partial charge in [0.2, 0.25) is 0 Å². The average Bonchev–Trinajstić information content (AvgIpc) is 3.09. The molecule has 6 nitrogen and oxygen atoms in total. The van der Waals surface area contributed by atoms with Crippen LogP contribution in [0.4, 0.5) is 0 Å². The number of hydrogen-bond donors (Lipinski definition) is 1. The van der Waals surface area contributed by atoms with E-state index in [0.29, 0.717) is 23.0 Å². The Kier molecular flexibility index (Phi) is 3.59. The maximum Gasteiger partial charge on any atom is 0.350 e. The van der Waals surface area contributed by atoms with E-state index in [2.05, 4.69) is 15.1 Å². The molecule has 4 aromatic rings. The second-order valence-corrected chi connectivity index (χ2v) is 6.51. The van der Waals surface area contributed by atoms with E-state index in [1.807, 2.05) is 36.4 Å². The lowest BCUT2D eigenvalue weighted by Gasteiger charge is -1.97. The highest BCUT2D eigenvalue weighted by molar-refractivity contribution is 7.99. The molecular weight excluding hydrogens is 334 g/mol. The van der Waals surface area contributed by atoms with Crippen LogP contribution in [0.3, 0.4) is 0 Å². The topological polar surface area (TPSA) is 68.0 Å². The summed E-state index contributed by atoms with van der Waals surface area (Å²) in [6, 6.07) is 11.0. The molecule has 0 radical (unpaired) electrons. The smallest absolute Gasteiger partial charge is 0.333 e. The van der Waals surface area contributed by atoms with Gasteiger partial charge in [0.05, 0.1) is 17.6 Å². The molecule has 0 aliphatic carbocycles. The number of pyridine rings is 1. The number of aryl methyl sites for hydroxylation is 1. The zero-order valence-corrected chi connectivity index (χ0v) is 13.5. The molecule has 0 unspecified atom stereocenters. The first kappa shape index (κ1) is 14.3. The number of rotatable bonds is 4. The van der Waals surface area contributed by atoms with Gasteiger partial charge in [-0.3, -0.25) is 4.40 Å². The number of thioether (sulfide) groups is 1. The third-order valence-electron chi connectivity index (χ3n) is 3.45. The summed E-state index contributed by atoms with van der Waals surface area (Å²) >= 11 is 7.51. The van der Waals surface area contributed by atoms with E-state index in [1.165, 1.54) is 9.08 Å². The van der Waals surface area contributed by atoms with Crippen molar-refractivity contribution in [1.29, 1.82) is 0 Å². The Hall–Kier alpha value is -2.25. The Morgan fingerprint density at radius 3 is 3.04 bits per heavy atom. The van der Waals surface area contributed by atoms with Crippen molar-refractivity contribution in [1.82, 2.24) is 24.1 Å². The normalized spacial score (nSPS) is 11.5. The van der Waals surface area contributed by atoms with Crippen molar-refractivity contribution in [2.75, 3.05) is 5.75 Å². The van der Waals surface area contributed by atoms with Gasteiger partial charge in [0.15, 0.2) is 10.8 Å². The Morgan fingerprint density at radius 1 is 1.26 bits per heavy atom. The van der Waals surface area contributed by atoms with Gasteiger partial charge >= 0.3 is 5.69 Å². The molecule has 0 fully saturated rings. The SMILES string of the molecule is O=c1n(CCSc2nc3ccc(Cl)cc3[nH]2)nc2ccccn12. The molecule has 0 saturated heterocycles. The minimum Gasteiger partial charge on any atom is -0.333 e. The maximum absolute atomic E-state index is 12.2. The van der Waals surface area contributed by atoms with Gasteiger partial charge in [0.25, 0.3) is 0 Å². The number of aromatic amines is 1. The van der Waals surface area contributed by atoms with Crippen LogP contribution in [0.5, 0.6) is 0 Å². The van der Waals surface area contributed by atoms with Crippen molar-refractivity contribution < 1.29 is 0 Å². The molecule has 3 heterocycles. The molecule has 4 rings (SSSR count). The molecule has 0 aliphatic heterocycles. The van der Waals surface area contributed by atoms with Crippen molar-refractivity contribution in [2.45, 2.75) is 11.7 Å². The molecule has 0 atom stereocenters. The number of halogens is 1. The third kappa shape index (κ3) is 2.73. The van der Waals surface area contributed by atoms with Crippen molar-refractivity contribution >= 4 is 40.0 Å².